The molecule has 0 unspecified atom stereocenters. The van der Waals surface area contributed by atoms with Gasteiger partial charge in [0.15, 0.2) is 0 Å². The van der Waals surface area contributed by atoms with Gasteiger partial charge in [0.1, 0.15) is 5.60 Å². The van der Waals surface area contributed by atoms with E-state index in [1.54, 1.807) is 0 Å². The van der Waals surface area contributed by atoms with Gasteiger partial charge < -0.3 is 14.4 Å². The molecule has 1 fully saturated rings. The fourth-order valence-corrected chi connectivity index (χ4v) is 1.59. The Labute approximate surface area is 95.7 Å². The molecule has 0 aromatic heterocycles. The van der Waals surface area contributed by atoms with Gasteiger partial charge in [-0.05, 0) is 27.7 Å². The maximum atomic E-state index is 11.7. The molecule has 1 rings (SSSR count). The summed E-state index contributed by atoms with van der Waals surface area (Å²) in [6, 6.07) is -0.151. The Morgan fingerprint density at radius 2 is 1.88 bits per heavy atom. The Hall–Kier alpha value is -1.26. The molecule has 5 nitrogen and oxygen atoms in total. The Bertz CT molecular complexity index is 295. The zero-order valence-electron chi connectivity index (χ0n) is 10.4. The molecule has 1 saturated heterocycles. The molecule has 1 heterocycles. The van der Waals surface area contributed by atoms with Gasteiger partial charge in [0.05, 0.1) is 13.0 Å². The number of likely N-dealkylation sites (tertiary alicyclic amines) is 1. The van der Waals surface area contributed by atoms with Crippen molar-refractivity contribution in [3.63, 3.8) is 0 Å². The van der Waals surface area contributed by atoms with Gasteiger partial charge in [-0.1, -0.05) is 0 Å². The fraction of sp³-hybridized carbons (Fsp3) is 0.818. The summed E-state index contributed by atoms with van der Waals surface area (Å²) >= 11 is 0. The van der Waals surface area contributed by atoms with E-state index in [9.17, 15) is 9.59 Å². The molecule has 0 aromatic rings. The molecule has 0 aliphatic carbocycles. The zero-order valence-corrected chi connectivity index (χ0v) is 10.4. The van der Waals surface area contributed by atoms with Gasteiger partial charge in [-0.15, -0.1) is 0 Å². The topological polar surface area (TPSA) is 55.8 Å². The van der Waals surface area contributed by atoms with Crippen molar-refractivity contribution in [1.82, 2.24) is 4.90 Å². The lowest BCUT2D eigenvalue weighted by atomic mass is 9.90. The van der Waals surface area contributed by atoms with Crippen molar-refractivity contribution in [3.8, 4) is 0 Å². The smallest absolute Gasteiger partial charge is 0.410 e. The third-order valence-corrected chi connectivity index (χ3v) is 2.60. The summed E-state index contributed by atoms with van der Waals surface area (Å²) in [5, 5.41) is 0. The fourth-order valence-electron chi connectivity index (χ4n) is 1.59. The summed E-state index contributed by atoms with van der Waals surface area (Å²) in [6.45, 7) is 7.63. The highest BCUT2D eigenvalue weighted by molar-refractivity contribution is 5.79. The lowest BCUT2D eigenvalue weighted by Crippen LogP contribution is -2.60. The number of methoxy groups -OCH3 is 1. The Morgan fingerprint density at radius 3 is 2.25 bits per heavy atom. The van der Waals surface area contributed by atoms with Crippen molar-refractivity contribution < 1.29 is 19.1 Å². The van der Waals surface area contributed by atoms with Crippen LogP contribution in [0.1, 0.15) is 27.7 Å². The van der Waals surface area contributed by atoms with E-state index in [1.165, 1.54) is 12.0 Å². The van der Waals surface area contributed by atoms with Crippen molar-refractivity contribution >= 4 is 12.1 Å². The minimum Gasteiger partial charge on any atom is -0.469 e. The average Bonchev–Trinajstić information content (AvgIpc) is 2.12. The van der Waals surface area contributed by atoms with E-state index in [1.807, 2.05) is 27.7 Å². The first-order chi connectivity index (χ1) is 7.26. The predicted molar refractivity (Wildman–Crippen MR) is 57.9 cm³/mol. The van der Waals surface area contributed by atoms with Gasteiger partial charge in [0.2, 0.25) is 0 Å². The first kappa shape index (κ1) is 12.8. The number of rotatable bonds is 1. The van der Waals surface area contributed by atoms with Crippen LogP contribution in [-0.4, -0.2) is 42.3 Å². The summed E-state index contributed by atoms with van der Waals surface area (Å²) in [5.74, 6) is -0.496. The number of ether oxygens (including phenoxy) is 2. The lowest BCUT2D eigenvalue weighted by Gasteiger charge is -2.44. The van der Waals surface area contributed by atoms with Gasteiger partial charge in [-0.25, -0.2) is 4.79 Å². The molecule has 0 bridgehead atoms. The maximum absolute atomic E-state index is 11.7. The van der Waals surface area contributed by atoms with Gasteiger partial charge in [0.25, 0.3) is 0 Å². The van der Waals surface area contributed by atoms with Gasteiger partial charge >= 0.3 is 12.1 Å². The number of hydrogen-bond acceptors (Lipinski definition) is 4. The van der Waals surface area contributed by atoms with E-state index in [-0.39, 0.29) is 24.0 Å². The highest BCUT2D eigenvalue weighted by atomic mass is 16.6. The molecule has 0 N–H and O–H groups in total. The Morgan fingerprint density at radius 1 is 1.31 bits per heavy atom. The summed E-state index contributed by atoms with van der Waals surface area (Å²) in [6.07, 6.45) is -0.375. The molecule has 5 heteroatoms. The zero-order chi connectivity index (χ0) is 12.5. The lowest BCUT2D eigenvalue weighted by molar-refractivity contribution is -0.154. The first-order valence-electron chi connectivity index (χ1n) is 5.33. The van der Waals surface area contributed by atoms with Crippen molar-refractivity contribution in [2.45, 2.75) is 39.3 Å². The molecule has 1 amide bonds. The molecule has 0 aromatic carbocycles. The molecule has 0 saturated carbocycles. The van der Waals surface area contributed by atoms with Gasteiger partial charge in [-0.3, -0.25) is 4.79 Å². The summed E-state index contributed by atoms with van der Waals surface area (Å²) < 4.78 is 9.84. The monoisotopic (exact) mass is 229 g/mol. The Balaban J connectivity index is 2.49. The molecule has 1 aliphatic heterocycles. The normalized spacial score (nSPS) is 24.7. The third-order valence-electron chi connectivity index (χ3n) is 2.60. The SMILES string of the molecule is COC(=O)[C@H]1CN(C(=O)OC(C)(C)C)[C@@H]1C. The highest BCUT2D eigenvalue weighted by Crippen LogP contribution is 2.27. The number of amides is 1. The predicted octanol–water partition coefficient (Wildman–Crippen LogP) is 1.41. The summed E-state index contributed by atoms with van der Waals surface area (Å²) in [7, 11) is 1.35. The van der Waals surface area contributed by atoms with Crippen LogP contribution in [0.3, 0.4) is 0 Å². The van der Waals surface area contributed by atoms with Crippen LogP contribution < -0.4 is 0 Å². The second kappa shape index (κ2) is 4.31. The van der Waals surface area contributed by atoms with Crippen LogP contribution in [0, 0.1) is 5.92 Å². The number of carbonyl (C=O) groups is 2. The van der Waals surface area contributed by atoms with Crippen LogP contribution in [0.4, 0.5) is 4.79 Å². The van der Waals surface area contributed by atoms with Crippen LogP contribution in [0.15, 0.2) is 0 Å². The second-order valence-electron chi connectivity index (χ2n) is 5.00. The third kappa shape index (κ3) is 2.65. The largest absolute Gasteiger partial charge is 0.469 e. The van der Waals surface area contributed by atoms with Crippen LogP contribution in [0.2, 0.25) is 0 Å². The first-order valence-corrected chi connectivity index (χ1v) is 5.33. The number of hydrogen-bond donors (Lipinski definition) is 0. The maximum Gasteiger partial charge on any atom is 0.410 e. The van der Waals surface area contributed by atoms with Crippen LogP contribution in [0.25, 0.3) is 0 Å². The molecular weight excluding hydrogens is 210 g/mol. The Kier molecular flexibility index (Phi) is 3.45. The number of nitrogens with zero attached hydrogens (tertiary/aromatic N) is 1. The quantitative estimate of drug-likeness (QED) is 0.638. The molecule has 0 spiro atoms. The van der Waals surface area contributed by atoms with Crippen molar-refractivity contribution in [1.29, 1.82) is 0 Å². The molecule has 16 heavy (non-hydrogen) atoms. The molecule has 0 radical (unpaired) electrons. The molecule has 2 atom stereocenters. The van der Waals surface area contributed by atoms with E-state index in [2.05, 4.69) is 4.74 Å². The van der Waals surface area contributed by atoms with E-state index in [0.717, 1.165) is 0 Å². The minimum absolute atomic E-state index is 0.151. The van der Waals surface area contributed by atoms with Crippen molar-refractivity contribution in [3.05, 3.63) is 0 Å². The molecule has 1 aliphatic rings. The average molecular weight is 229 g/mol. The summed E-state index contributed by atoms with van der Waals surface area (Å²) in [4.78, 5) is 24.5. The van der Waals surface area contributed by atoms with Crippen LogP contribution >= 0.6 is 0 Å². The summed E-state index contributed by atoms with van der Waals surface area (Å²) in [5.41, 5.74) is -0.507. The van der Waals surface area contributed by atoms with Crippen LogP contribution in [-0.2, 0) is 14.3 Å². The minimum atomic E-state index is -0.507. The van der Waals surface area contributed by atoms with E-state index in [4.69, 9.17) is 4.74 Å². The second-order valence-corrected chi connectivity index (χ2v) is 5.00. The van der Waals surface area contributed by atoms with Gasteiger partial charge in [-0.2, -0.15) is 0 Å². The van der Waals surface area contributed by atoms with Crippen molar-refractivity contribution in [2.75, 3.05) is 13.7 Å². The van der Waals surface area contributed by atoms with Gasteiger partial charge in [0, 0.05) is 12.6 Å². The van der Waals surface area contributed by atoms with E-state index >= 15 is 0 Å². The molecular formula is C11H19NO4. The number of carbonyl (C=O) groups excluding carboxylic acids is 2. The highest BCUT2D eigenvalue weighted by Gasteiger charge is 2.45. The van der Waals surface area contributed by atoms with Crippen LogP contribution in [0.5, 0.6) is 0 Å². The van der Waals surface area contributed by atoms with Crippen molar-refractivity contribution in [2.24, 2.45) is 5.92 Å². The van der Waals surface area contributed by atoms with E-state index < -0.39 is 5.60 Å². The van der Waals surface area contributed by atoms with E-state index in [0.29, 0.717) is 6.54 Å². The molecule has 92 valence electrons. The number of esters is 1. The standard InChI is InChI=1S/C11H19NO4/c1-7-8(9(13)15-5)6-12(7)10(14)16-11(2,3)4/h7-8H,6H2,1-5H3/t7-,8+/m1/s1.